The Balaban J connectivity index is 3.30. The third kappa shape index (κ3) is 23.0. The second kappa shape index (κ2) is 21.7. The smallest absolute Gasteiger partial charge is 0.261 e. The lowest BCUT2D eigenvalue weighted by Crippen LogP contribution is -2.32. The van der Waals surface area contributed by atoms with Crippen molar-refractivity contribution in [1.29, 1.82) is 5.53 Å². The highest BCUT2D eigenvalue weighted by atomic mass is 32.2. The highest BCUT2D eigenvalue weighted by Gasteiger charge is 2.11. The van der Waals surface area contributed by atoms with Crippen molar-refractivity contribution in [2.75, 3.05) is 5.75 Å². The van der Waals surface area contributed by atoms with Crippen molar-refractivity contribution in [3.63, 3.8) is 0 Å². The lowest BCUT2D eigenvalue weighted by atomic mass is 10.0. The summed E-state index contributed by atoms with van der Waals surface area (Å²) in [5.41, 5.74) is 12.2. The van der Waals surface area contributed by atoms with Crippen LogP contribution in [0.25, 0.3) is 0 Å². The van der Waals surface area contributed by atoms with E-state index in [9.17, 15) is 14.1 Å². The quantitative estimate of drug-likeness (QED) is 0.0506. The number of ketones is 1. The van der Waals surface area contributed by atoms with Crippen molar-refractivity contribution in [2.24, 2.45) is 16.1 Å². The predicted octanol–water partition coefficient (Wildman–Crippen LogP) is 5.29. The topological polar surface area (TPSA) is 144 Å². The number of amidine groups is 1. The van der Waals surface area contributed by atoms with E-state index in [1.165, 1.54) is 58.3 Å². The zero-order valence-electron chi connectivity index (χ0n) is 19.3. The average Bonchev–Trinajstić information content (AvgIpc) is 2.70. The highest BCUT2D eigenvalue weighted by Crippen LogP contribution is 2.13. The molecule has 0 spiro atoms. The van der Waals surface area contributed by atoms with Crippen molar-refractivity contribution >= 4 is 28.9 Å². The Hall–Kier alpha value is -1.48. The van der Waals surface area contributed by atoms with E-state index < -0.39 is 11.4 Å². The van der Waals surface area contributed by atoms with Crippen LogP contribution in [0.15, 0.2) is 10.3 Å². The maximum atomic E-state index is 11.7. The number of Topliss-reactive ketones (excluding diaryl/α,β-unsaturated/α-hetero) is 1. The van der Waals surface area contributed by atoms with Gasteiger partial charge in [0.2, 0.25) is 0 Å². The Morgan fingerprint density at radius 1 is 0.806 bits per heavy atom. The Morgan fingerprint density at radius 2 is 1.26 bits per heavy atom. The van der Waals surface area contributed by atoms with Gasteiger partial charge >= 0.3 is 0 Å². The van der Waals surface area contributed by atoms with Gasteiger partial charge in [-0.2, -0.15) is 10.3 Å². The van der Waals surface area contributed by atoms with Gasteiger partial charge in [-0.05, 0) is 19.8 Å². The van der Waals surface area contributed by atoms with Gasteiger partial charge in [0.1, 0.15) is 17.4 Å². The van der Waals surface area contributed by atoms with Crippen LogP contribution in [-0.2, 0) is 21.0 Å². The number of hydrogen-bond donors (Lipinski definition) is 3. The monoisotopic (exact) mass is 457 g/mol. The molecule has 0 fully saturated rings. The van der Waals surface area contributed by atoms with E-state index in [1.54, 1.807) is 0 Å². The zero-order chi connectivity index (χ0) is 23.2. The zero-order valence-corrected chi connectivity index (χ0v) is 20.1. The average molecular weight is 458 g/mol. The molecule has 0 radical (unpaired) electrons. The fraction of sp³-hybridized carbons (Fsp3) is 0.864. The number of nitrogens with zero attached hydrogens (tertiary/aromatic N) is 2. The number of unbranched alkanes of at least 4 members (excludes halogenated alkanes) is 12. The van der Waals surface area contributed by atoms with E-state index in [1.807, 2.05) is 0 Å². The minimum atomic E-state index is -1.36. The molecule has 0 aliphatic rings. The summed E-state index contributed by atoms with van der Waals surface area (Å²) < 4.78 is 14.2. The van der Waals surface area contributed by atoms with Gasteiger partial charge in [-0.15, -0.1) is 5.10 Å². The summed E-state index contributed by atoms with van der Waals surface area (Å²) in [7, 11) is 0. The van der Waals surface area contributed by atoms with Crippen molar-refractivity contribution in [3.05, 3.63) is 0 Å². The Labute approximate surface area is 191 Å². The van der Waals surface area contributed by atoms with E-state index >= 15 is 0 Å². The molecule has 8 nitrogen and oxygen atoms in total. The maximum absolute atomic E-state index is 11.7. The predicted molar refractivity (Wildman–Crippen MR) is 127 cm³/mol. The molecular weight excluding hydrogens is 414 g/mol. The van der Waals surface area contributed by atoms with Crippen molar-refractivity contribution in [2.45, 2.75) is 116 Å². The minimum Gasteiger partial charge on any atom is -0.593 e. The first-order valence-electron chi connectivity index (χ1n) is 11.8. The third-order valence-electron chi connectivity index (χ3n) is 5.10. The van der Waals surface area contributed by atoms with E-state index in [2.05, 4.69) is 15.0 Å². The van der Waals surface area contributed by atoms with Gasteiger partial charge in [0.05, 0.1) is 11.4 Å². The second-order valence-electron chi connectivity index (χ2n) is 8.17. The summed E-state index contributed by atoms with van der Waals surface area (Å²) in [5, 5.41) is 6.43. The van der Waals surface area contributed by atoms with Gasteiger partial charge in [0, 0.05) is 25.7 Å². The molecular formula is C22H43N5O3S. The SMILES string of the molecule is CC(=O)CCC[S+]([O-])NC(=O)CCCCCCCCCCCCCCC/C(N)=N/N=N. The van der Waals surface area contributed by atoms with Crippen LogP contribution in [0.1, 0.15) is 116 Å². The van der Waals surface area contributed by atoms with Gasteiger partial charge in [-0.25, -0.2) is 0 Å². The third-order valence-corrected chi connectivity index (χ3v) is 6.22. The first kappa shape index (κ1) is 29.5. The van der Waals surface area contributed by atoms with E-state index in [4.69, 9.17) is 11.3 Å². The van der Waals surface area contributed by atoms with Crippen molar-refractivity contribution in [1.82, 2.24) is 4.72 Å². The van der Waals surface area contributed by atoms with Crippen LogP contribution in [0.3, 0.4) is 0 Å². The number of nitrogens with two attached hydrogens (primary N) is 1. The standard InChI is InChI=1S/C22H43N5O3S/c1-20(28)16-15-19-31(30)26-22(29)18-14-12-10-8-6-4-2-3-5-7-9-11-13-17-21(23)25-27-24/h2-19H2,1H3,(H,26,29)(H3,23,24,25). The van der Waals surface area contributed by atoms with Gasteiger partial charge < -0.3 is 15.1 Å². The van der Waals surface area contributed by atoms with Crippen LogP contribution in [-0.4, -0.2) is 27.8 Å². The number of rotatable bonds is 22. The van der Waals surface area contributed by atoms with Gasteiger partial charge in [-0.1, -0.05) is 75.9 Å². The Kier molecular flexibility index (Phi) is 20.7. The number of amides is 1. The lowest BCUT2D eigenvalue weighted by molar-refractivity contribution is -0.119. The van der Waals surface area contributed by atoms with Crippen LogP contribution in [0.2, 0.25) is 0 Å². The van der Waals surface area contributed by atoms with Gasteiger partial charge in [0.15, 0.2) is 0 Å². The summed E-state index contributed by atoms with van der Waals surface area (Å²) >= 11 is -1.36. The first-order chi connectivity index (χ1) is 15.0. The summed E-state index contributed by atoms with van der Waals surface area (Å²) in [5.74, 6) is 0.732. The number of nitrogens with one attached hydrogen (secondary N) is 2. The number of carbonyl (C=O) groups is 2. The first-order valence-corrected chi connectivity index (χ1v) is 13.1. The molecule has 9 heteroatoms. The van der Waals surface area contributed by atoms with Crippen molar-refractivity contribution < 1.29 is 14.1 Å². The molecule has 0 heterocycles. The summed E-state index contributed by atoms with van der Waals surface area (Å²) in [6, 6.07) is 0. The van der Waals surface area contributed by atoms with Crippen LogP contribution in [0.4, 0.5) is 0 Å². The molecule has 0 bridgehead atoms. The van der Waals surface area contributed by atoms with Crippen LogP contribution < -0.4 is 10.5 Å². The molecule has 0 aromatic heterocycles. The molecule has 0 rings (SSSR count). The molecule has 0 aliphatic heterocycles. The Morgan fingerprint density at radius 3 is 1.71 bits per heavy atom. The van der Waals surface area contributed by atoms with Crippen LogP contribution in [0, 0.1) is 5.53 Å². The molecule has 0 saturated carbocycles. The maximum Gasteiger partial charge on any atom is 0.261 e. The molecule has 31 heavy (non-hydrogen) atoms. The van der Waals surface area contributed by atoms with E-state index in [-0.39, 0.29) is 11.7 Å². The fourth-order valence-corrected chi connectivity index (χ4v) is 4.20. The molecule has 0 saturated heterocycles. The number of hydrogen-bond acceptors (Lipinski definition) is 5. The van der Waals surface area contributed by atoms with E-state index in [0.29, 0.717) is 30.9 Å². The number of carbonyl (C=O) groups excluding carboxylic acids is 2. The highest BCUT2D eigenvalue weighted by molar-refractivity contribution is 7.90. The van der Waals surface area contributed by atoms with Crippen molar-refractivity contribution in [3.8, 4) is 0 Å². The molecule has 180 valence electrons. The Bertz CT molecular complexity index is 517. The molecule has 1 atom stereocenters. The van der Waals surface area contributed by atoms with Gasteiger partial charge in [0.25, 0.3) is 5.91 Å². The van der Waals surface area contributed by atoms with Gasteiger partial charge in [-0.3, -0.25) is 4.79 Å². The normalized spacial score (nSPS) is 12.5. The van der Waals surface area contributed by atoms with E-state index in [0.717, 1.165) is 38.5 Å². The molecule has 0 aromatic rings. The molecule has 1 unspecified atom stereocenters. The largest absolute Gasteiger partial charge is 0.593 e. The minimum absolute atomic E-state index is 0.0851. The summed E-state index contributed by atoms with van der Waals surface area (Å²) in [6.07, 6.45) is 17.5. The summed E-state index contributed by atoms with van der Waals surface area (Å²) in [4.78, 5) is 22.6. The molecule has 1 amide bonds. The molecule has 4 N–H and O–H groups in total. The fourth-order valence-electron chi connectivity index (χ4n) is 3.33. The lowest BCUT2D eigenvalue weighted by Gasteiger charge is -2.10. The molecule has 0 aromatic carbocycles. The summed E-state index contributed by atoms with van der Waals surface area (Å²) in [6.45, 7) is 1.52. The second-order valence-corrected chi connectivity index (χ2v) is 9.47. The van der Waals surface area contributed by atoms with Crippen LogP contribution >= 0.6 is 0 Å². The van der Waals surface area contributed by atoms with Crippen LogP contribution in [0.5, 0.6) is 0 Å². The molecule has 0 aliphatic carbocycles.